The minimum absolute atomic E-state index is 0.0423. The van der Waals surface area contributed by atoms with Gasteiger partial charge in [0.1, 0.15) is 12.4 Å². The van der Waals surface area contributed by atoms with Crippen molar-refractivity contribution in [3.63, 3.8) is 0 Å². The molecule has 1 aliphatic heterocycles. The quantitative estimate of drug-likeness (QED) is 0.471. The number of imide groups is 1. The summed E-state index contributed by atoms with van der Waals surface area (Å²) in [5.41, 5.74) is -0.0213. The average molecular weight is 347 g/mol. The molecule has 8 heteroatoms. The Morgan fingerprint density at radius 2 is 1.71 bits per heavy atom. The van der Waals surface area contributed by atoms with E-state index in [1.165, 1.54) is 12.1 Å². The molecule has 0 unspecified atom stereocenters. The first-order chi connectivity index (χ1) is 11.5. The molecule has 1 heterocycles. The van der Waals surface area contributed by atoms with Gasteiger partial charge in [-0.15, -0.1) is 0 Å². The molecule has 2 aromatic rings. The van der Waals surface area contributed by atoms with Gasteiger partial charge in [0.25, 0.3) is 17.5 Å². The van der Waals surface area contributed by atoms with Crippen LogP contribution in [0.5, 0.6) is 5.75 Å². The third kappa shape index (κ3) is 2.93. The molecule has 2 amide bonds. The molecule has 0 bridgehead atoms. The van der Waals surface area contributed by atoms with Crippen LogP contribution in [-0.2, 0) is 0 Å². The first-order valence-corrected chi connectivity index (χ1v) is 7.38. The maximum atomic E-state index is 12.3. The van der Waals surface area contributed by atoms with Crippen molar-refractivity contribution in [3.05, 3.63) is 68.7 Å². The second-order valence-corrected chi connectivity index (χ2v) is 5.49. The van der Waals surface area contributed by atoms with Gasteiger partial charge in [-0.1, -0.05) is 11.6 Å². The summed E-state index contributed by atoms with van der Waals surface area (Å²) in [7, 11) is 0. The van der Waals surface area contributed by atoms with E-state index in [1.807, 2.05) is 0 Å². The number of halogens is 1. The Kier molecular flexibility index (Phi) is 4.18. The highest BCUT2D eigenvalue weighted by atomic mass is 35.5. The molecule has 122 valence electrons. The van der Waals surface area contributed by atoms with Gasteiger partial charge in [-0.05, 0) is 30.3 Å². The zero-order chi connectivity index (χ0) is 17.3. The van der Waals surface area contributed by atoms with E-state index in [-0.39, 0.29) is 30.0 Å². The third-order valence-electron chi connectivity index (χ3n) is 3.56. The fourth-order valence-electron chi connectivity index (χ4n) is 2.38. The zero-order valence-electron chi connectivity index (χ0n) is 12.3. The third-order valence-corrected chi connectivity index (χ3v) is 3.81. The van der Waals surface area contributed by atoms with Crippen LogP contribution in [-0.4, -0.2) is 34.8 Å². The Labute approximate surface area is 141 Å². The average Bonchev–Trinajstić information content (AvgIpc) is 2.81. The standard InChI is InChI=1S/C16H11ClN2O5/c17-10-1-4-12(5-2-10)24-8-7-18-15(20)13-6-3-11(19(22)23)9-14(13)16(18)21/h1-6,9H,7-8H2. The lowest BCUT2D eigenvalue weighted by molar-refractivity contribution is -0.384. The molecule has 0 radical (unpaired) electrons. The summed E-state index contributed by atoms with van der Waals surface area (Å²) < 4.78 is 5.47. The molecule has 0 atom stereocenters. The Bertz CT molecular complexity index is 835. The van der Waals surface area contributed by atoms with E-state index in [2.05, 4.69) is 0 Å². The summed E-state index contributed by atoms with van der Waals surface area (Å²) in [4.78, 5) is 35.7. The molecule has 2 aromatic carbocycles. The molecule has 0 saturated heterocycles. The number of rotatable bonds is 5. The Morgan fingerprint density at radius 3 is 2.38 bits per heavy atom. The number of hydrogen-bond acceptors (Lipinski definition) is 5. The van der Waals surface area contributed by atoms with Crippen molar-refractivity contribution < 1.29 is 19.2 Å². The summed E-state index contributed by atoms with van der Waals surface area (Å²) in [6.45, 7) is 0.151. The van der Waals surface area contributed by atoms with Crippen molar-refractivity contribution in [1.29, 1.82) is 0 Å². The molecule has 0 fully saturated rings. The number of hydrogen-bond donors (Lipinski definition) is 0. The number of ether oxygens (including phenoxy) is 1. The van der Waals surface area contributed by atoms with Crippen LogP contribution in [0.25, 0.3) is 0 Å². The molecule has 0 aromatic heterocycles. The Morgan fingerprint density at radius 1 is 1.04 bits per heavy atom. The van der Waals surface area contributed by atoms with E-state index >= 15 is 0 Å². The van der Waals surface area contributed by atoms with E-state index in [0.29, 0.717) is 10.8 Å². The molecule has 0 aliphatic carbocycles. The van der Waals surface area contributed by atoms with E-state index in [4.69, 9.17) is 16.3 Å². The molecule has 0 spiro atoms. The largest absolute Gasteiger partial charge is 0.492 e. The maximum absolute atomic E-state index is 12.3. The van der Waals surface area contributed by atoms with Crippen LogP contribution in [0.15, 0.2) is 42.5 Å². The number of nitro groups is 1. The number of amides is 2. The van der Waals surface area contributed by atoms with Crippen molar-refractivity contribution in [2.45, 2.75) is 0 Å². The predicted octanol–water partition coefficient (Wildman–Crippen LogP) is 2.92. The van der Waals surface area contributed by atoms with Crippen LogP contribution in [0.2, 0.25) is 5.02 Å². The number of carbonyl (C=O) groups is 2. The topological polar surface area (TPSA) is 89.8 Å². The second-order valence-electron chi connectivity index (χ2n) is 5.05. The number of carbonyl (C=O) groups excluding carboxylic acids is 2. The molecule has 0 N–H and O–H groups in total. The van der Waals surface area contributed by atoms with Gasteiger partial charge in [-0.25, -0.2) is 0 Å². The molecule has 1 aliphatic rings. The normalized spacial score (nSPS) is 13.1. The molecular formula is C16H11ClN2O5. The lowest BCUT2D eigenvalue weighted by Gasteiger charge is -2.14. The fourth-order valence-corrected chi connectivity index (χ4v) is 2.51. The first-order valence-electron chi connectivity index (χ1n) is 7.00. The predicted molar refractivity (Wildman–Crippen MR) is 85.4 cm³/mol. The Hall–Kier alpha value is -2.93. The van der Waals surface area contributed by atoms with Crippen LogP contribution in [0.3, 0.4) is 0 Å². The van der Waals surface area contributed by atoms with Crippen LogP contribution in [0.4, 0.5) is 5.69 Å². The second kappa shape index (κ2) is 6.29. The highest BCUT2D eigenvalue weighted by molar-refractivity contribution is 6.30. The van der Waals surface area contributed by atoms with E-state index in [9.17, 15) is 19.7 Å². The van der Waals surface area contributed by atoms with Gasteiger partial charge >= 0.3 is 0 Å². The van der Waals surface area contributed by atoms with E-state index in [0.717, 1.165) is 11.0 Å². The molecule has 3 rings (SSSR count). The zero-order valence-corrected chi connectivity index (χ0v) is 13.0. The summed E-state index contributed by atoms with van der Waals surface area (Å²) in [6.07, 6.45) is 0. The lowest BCUT2D eigenvalue weighted by atomic mass is 10.1. The smallest absolute Gasteiger partial charge is 0.270 e. The molecule has 7 nitrogen and oxygen atoms in total. The van der Waals surface area contributed by atoms with Crippen LogP contribution >= 0.6 is 11.6 Å². The van der Waals surface area contributed by atoms with Crippen molar-refractivity contribution in [3.8, 4) is 5.75 Å². The summed E-state index contributed by atoms with van der Waals surface area (Å²) in [5, 5.41) is 11.4. The van der Waals surface area contributed by atoms with Gasteiger partial charge in [0.2, 0.25) is 0 Å². The van der Waals surface area contributed by atoms with Crippen molar-refractivity contribution in [2.24, 2.45) is 0 Å². The number of benzene rings is 2. The number of nitrogens with zero attached hydrogens (tertiary/aromatic N) is 2. The van der Waals surface area contributed by atoms with Gasteiger partial charge in [-0.3, -0.25) is 24.6 Å². The number of fused-ring (bicyclic) bond motifs is 1. The first kappa shape index (κ1) is 15.9. The van der Waals surface area contributed by atoms with Gasteiger partial charge in [-0.2, -0.15) is 0 Å². The van der Waals surface area contributed by atoms with Crippen LogP contribution in [0.1, 0.15) is 20.7 Å². The molecule has 24 heavy (non-hydrogen) atoms. The maximum Gasteiger partial charge on any atom is 0.270 e. The summed E-state index contributed by atoms with van der Waals surface area (Å²) >= 11 is 5.77. The monoisotopic (exact) mass is 346 g/mol. The van der Waals surface area contributed by atoms with Gasteiger partial charge in [0, 0.05) is 17.2 Å². The fraction of sp³-hybridized carbons (Fsp3) is 0.125. The molecular weight excluding hydrogens is 336 g/mol. The highest BCUT2D eigenvalue weighted by Gasteiger charge is 2.36. The van der Waals surface area contributed by atoms with E-state index < -0.39 is 16.7 Å². The minimum Gasteiger partial charge on any atom is -0.492 e. The van der Waals surface area contributed by atoms with Crippen molar-refractivity contribution in [1.82, 2.24) is 4.90 Å². The van der Waals surface area contributed by atoms with Gasteiger partial charge < -0.3 is 4.74 Å². The van der Waals surface area contributed by atoms with Crippen LogP contribution < -0.4 is 4.74 Å². The van der Waals surface area contributed by atoms with Crippen LogP contribution in [0, 0.1) is 10.1 Å². The summed E-state index contributed by atoms with van der Waals surface area (Å²) in [5.74, 6) is -0.477. The minimum atomic E-state index is -0.607. The van der Waals surface area contributed by atoms with Crippen molar-refractivity contribution in [2.75, 3.05) is 13.2 Å². The lowest BCUT2D eigenvalue weighted by Crippen LogP contribution is -2.33. The van der Waals surface area contributed by atoms with Gasteiger partial charge in [0.05, 0.1) is 22.6 Å². The summed E-state index contributed by atoms with van der Waals surface area (Å²) in [6, 6.07) is 10.3. The Balaban J connectivity index is 1.69. The van der Waals surface area contributed by atoms with E-state index in [1.54, 1.807) is 24.3 Å². The molecule has 0 saturated carbocycles. The SMILES string of the molecule is O=C1c2ccc([N+](=O)[O-])cc2C(=O)N1CCOc1ccc(Cl)cc1. The number of nitro benzene ring substituents is 1. The number of non-ortho nitro benzene ring substituents is 1. The highest BCUT2D eigenvalue weighted by Crippen LogP contribution is 2.26. The van der Waals surface area contributed by atoms with Gasteiger partial charge in [0.15, 0.2) is 0 Å². The van der Waals surface area contributed by atoms with Crippen molar-refractivity contribution >= 4 is 29.1 Å².